The van der Waals surface area contributed by atoms with Gasteiger partial charge in [-0.3, -0.25) is 0 Å². The Bertz CT molecular complexity index is 1620. The van der Waals surface area contributed by atoms with Crippen molar-refractivity contribution in [1.29, 1.82) is 0 Å². The molecular formula is C34H42F3N5O3. The molecule has 2 unspecified atom stereocenters. The maximum atomic E-state index is 17.0. The summed E-state index contributed by atoms with van der Waals surface area (Å²) in [7, 11) is 0. The third-order valence-electron chi connectivity index (χ3n) is 10.4. The largest absolute Gasteiger partial charge is 0.474 e. The molecule has 8 nitrogen and oxygen atoms in total. The Labute approximate surface area is 261 Å². The zero-order valence-electron chi connectivity index (χ0n) is 26.5. The Morgan fingerprint density at radius 1 is 1.07 bits per heavy atom. The minimum Gasteiger partial charge on any atom is -0.474 e. The van der Waals surface area contributed by atoms with E-state index in [1.165, 1.54) is 6.07 Å². The molecule has 2 bridgehead atoms. The maximum Gasteiger partial charge on any atom is 0.319 e. The summed E-state index contributed by atoms with van der Waals surface area (Å²) in [6, 6.07) is 1.52. The molecule has 3 aliphatic heterocycles. The van der Waals surface area contributed by atoms with Gasteiger partial charge < -0.3 is 24.8 Å². The third-order valence-corrected chi connectivity index (χ3v) is 10.4. The van der Waals surface area contributed by atoms with Gasteiger partial charge in [0.15, 0.2) is 5.82 Å². The van der Waals surface area contributed by atoms with Crippen LogP contribution in [0.2, 0.25) is 0 Å². The third kappa shape index (κ3) is 5.19. The number of anilines is 1. The predicted molar refractivity (Wildman–Crippen MR) is 166 cm³/mol. The van der Waals surface area contributed by atoms with Crippen LogP contribution in [0.15, 0.2) is 6.07 Å². The number of hydrogen-bond donors (Lipinski definition) is 2. The molecule has 5 heterocycles. The van der Waals surface area contributed by atoms with E-state index in [0.717, 1.165) is 38.8 Å². The van der Waals surface area contributed by atoms with Crippen molar-refractivity contribution >= 4 is 16.7 Å². The maximum absolute atomic E-state index is 17.0. The predicted octanol–water partition coefficient (Wildman–Crippen LogP) is 6.69. The lowest BCUT2D eigenvalue weighted by Crippen LogP contribution is -2.42. The number of aryl methyl sites for hydroxylation is 1. The first-order valence-electron chi connectivity index (χ1n) is 16.4. The van der Waals surface area contributed by atoms with Crippen molar-refractivity contribution in [3.8, 4) is 23.1 Å². The van der Waals surface area contributed by atoms with E-state index in [1.807, 2.05) is 13.8 Å². The Morgan fingerprint density at radius 3 is 2.60 bits per heavy atom. The zero-order valence-corrected chi connectivity index (χ0v) is 26.5. The molecule has 5 aliphatic rings. The van der Waals surface area contributed by atoms with Crippen LogP contribution in [0.1, 0.15) is 75.5 Å². The molecule has 8 rings (SSSR count). The van der Waals surface area contributed by atoms with Crippen LogP contribution in [0, 0.1) is 37.3 Å². The monoisotopic (exact) mass is 625 g/mol. The highest BCUT2D eigenvalue weighted by molar-refractivity contribution is 5.96. The normalized spacial score (nSPS) is 29.5. The number of nitrogens with zero attached hydrogens (tertiary/aromatic N) is 3. The molecule has 0 spiro atoms. The number of fused-ring (bicyclic) bond motifs is 1. The fourth-order valence-electron chi connectivity index (χ4n) is 7.75. The number of alkyl halides is 1. The van der Waals surface area contributed by atoms with Gasteiger partial charge in [0.25, 0.3) is 0 Å². The van der Waals surface area contributed by atoms with Crippen molar-refractivity contribution in [3.05, 3.63) is 34.4 Å². The van der Waals surface area contributed by atoms with E-state index in [1.54, 1.807) is 13.8 Å². The number of pyridine rings is 1. The molecule has 45 heavy (non-hydrogen) atoms. The first-order chi connectivity index (χ1) is 21.6. The van der Waals surface area contributed by atoms with Crippen LogP contribution in [0.25, 0.3) is 22.2 Å². The van der Waals surface area contributed by atoms with Gasteiger partial charge in [-0.2, -0.15) is 9.97 Å². The Balaban J connectivity index is 1.43. The van der Waals surface area contributed by atoms with Crippen LogP contribution in [-0.2, 0) is 10.4 Å². The van der Waals surface area contributed by atoms with Gasteiger partial charge in [-0.1, -0.05) is 6.92 Å². The molecule has 1 aromatic carbocycles. The molecule has 242 valence electrons. The summed E-state index contributed by atoms with van der Waals surface area (Å²) in [4.78, 5) is 14.0. The highest BCUT2D eigenvalue weighted by Crippen LogP contribution is 2.56. The fraction of sp³-hybridized carbons (Fsp3) is 0.618. The van der Waals surface area contributed by atoms with Gasteiger partial charge >= 0.3 is 6.01 Å². The van der Waals surface area contributed by atoms with Gasteiger partial charge in [0, 0.05) is 24.2 Å². The molecule has 0 amide bonds. The average molecular weight is 626 g/mol. The molecule has 11 heteroatoms. The number of rotatable bonds is 6. The lowest BCUT2D eigenvalue weighted by Gasteiger charge is -2.45. The molecule has 2 saturated heterocycles. The number of benzene rings is 1. The van der Waals surface area contributed by atoms with E-state index in [-0.39, 0.29) is 81.4 Å². The lowest BCUT2D eigenvalue weighted by atomic mass is 9.63. The van der Waals surface area contributed by atoms with E-state index in [4.69, 9.17) is 19.2 Å². The van der Waals surface area contributed by atoms with Crippen molar-refractivity contribution in [2.24, 2.45) is 11.8 Å². The van der Waals surface area contributed by atoms with Crippen molar-refractivity contribution < 1.29 is 27.4 Å². The van der Waals surface area contributed by atoms with Gasteiger partial charge in [0.1, 0.15) is 46.1 Å². The number of halogens is 3. The summed E-state index contributed by atoms with van der Waals surface area (Å²) in [5.74, 6) is -0.495. The van der Waals surface area contributed by atoms with E-state index < -0.39 is 17.3 Å². The highest BCUT2D eigenvalue weighted by Gasteiger charge is 2.53. The molecule has 2 aliphatic carbocycles. The summed E-state index contributed by atoms with van der Waals surface area (Å²) in [6.45, 7) is 10.0. The summed E-state index contributed by atoms with van der Waals surface area (Å²) < 4.78 is 67.7. The molecule has 2 N–H and O–H groups in total. The Kier molecular flexibility index (Phi) is 7.83. The van der Waals surface area contributed by atoms with E-state index in [9.17, 15) is 0 Å². The Hall–Kier alpha value is -3.18. The molecule has 2 saturated carbocycles. The van der Waals surface area contributed by atoms with Crippen LogP contribution in [0.4, 0.5) is 19.0 Å². The smallest absolute Gasteiger partial charge is 0.319 e. The van der Waals surface area contributed by atoms with Crippen LogP contribution in [0.3, 0.4) is 0 Å². The van der Waals surface area contributed by atoms with Crippen molar-refractivity contribution in [1.82, 2.24) is 20.3 Å². The number of ether oxygens (including phenoxy) is 3. The van der Waals surface area contributed by atoms with E-state index in [0.29, 0.717) is 37.7 Å². The first kappa shape index (κ1) is 30.5. The average Bonchev–Trinajstić information content (AvgIpc) is 3.60. The van der Waals surface area contributed by atoms with Crippen LogP contribution < -0.4 is 20.1 Å². The zero-order chi connectivity index (χ0) is 31.5. The van der Waals surface area contributed by atoms with Gasteiger partial charge in [0.2, 0.25) is 5.88 Å². The quantitative estimate of drug-likeness (QED) is 0.313. The second kappa shape index (κ2) is 11.6. The molecule has 3 atom stereocenters. The van der Waals surface area contributed by atoms with E-state index in [2.05, 4.69) is 20.6 Å². The minimum atomic E-state index is -1.79. The second-order valence-electron chi connectivity index (χ2n) is 13.5. The summed E-state index contributed by atoms with van der Waals surface area (Å²) in [6.07, 6.45) is 4.72. The van der Waals surface area contributed by atoms with Crippen molar-refractivity contribution in [2.45, 2.75) is 90.0 Å². The van der Waals surface area contributed by atoms with Gasteiger partial charge in [-0.25, -0.2) is 18.2 Å². The molecule has 4 fully saturated rings. The standard InChI is InChI=1S/C34H42F3N5O3/c1-5-22-8-9-34(22,37)25-20(4)26(35)18(2)13-23(25)28-27(36)29-24-30(39-12-11-38-10-6-7-19(3)45-31(24)40-28)42-32(41-29)43-17-33-14-21(15-33)16-44-33/h13,19,21-22,38H,5-12,14-17H2,1-4H3,(H,39,41,42)/t19-,21?,22?,33?,34?/m0/s1. The highest BCUT2D eigenvalue weighted by atomic mass is 19.1. The van der Waals surface area contributed by atoms with Gasteiger partial charge in [-0.15, -0.1) is 0 Å². The topological polar surface area (TPSA) is 90.4 Å². The first-order valence-corrected chi connectivity index (χ1v) is 16.4. The molecule has 3 aromatic rings. The van der Waals surface area contributed by atoms with Crippen LogP contribution >= 0.6 is 0 Å². The number of hydrogen-bond acceptors (Lipinski definition) is 8. The Morgan fingerprint density at radius 2 is 1.89 bits per heavy atom. The molecule has 2 aromatic heterocycles. The molecular weight excluding hydrogens is 583 g/mol. The number of nitrogens with one attached hydrogen (secondary N) is 2. The summed E-state index contributed by atoms with van der Waals surface area (Å²) >= 11 is 0. The molecule has 0 radical (unpaired) electrons. The van der Waals surface area contributed by atoms with Crippen LogP contribution in [-0.4, -0.2) is 59.5 Å². The lowest BCUT2D eigenvalue weighted by molar-refractivity contribution is -0.0379. The summed E-state index contributed by atoms with van der Waals surface area (Å²) in [5.41, 5.74) is -1.45. The SMILES string of the molecule is CCC1CCC1(F)c1c(-c2nc3c4c(nc(OCC56CC(CO5)C6)nc4c2F)NCCNCCC[C@H](C)O3)cc(C)c(F)c1C. The van der Waals surface area contributed by atoms with Gasteiger partial charge in [0.05, 0.1) is 12.7 Å². The summed E-state index contributed by atoms with van der Waals surface area (Å²) in [5, 5.41) is 6.99. The van der Waals surface area contributed by atoms with Gasteiger partial charge in [-0.05, 0) is 101 Å². The minimum absolute atomic E-state index is 0.00659. The number of aromatic nitrogens is 3. The fourth-order valence-corrected chi connectivity index (χ4v) is 7.75. The van der Waals surface area contributed by atoms with Crippen molar-refractivity contribution in [3.63, 3.8) is 0 Å². The second-order valence-corrected chi connectivity index (χ2v) is 13.5. The van der Waals surface area contributed by atoms with Crippen LogP contribution in [0.5, 0.6) is 11.9 Å². The van der Waals surface area contributed by atoms with Crippen molar-refractivity contribution in [2.75, 3.05) is 38.2 Å². The van der Waals surface area contributed by atoms with E-state index >= 15 is 13.2 Å².